The van der Waals surface area contributed by atoms with Crippen LogP contribution in [-0.2, 0) is 16.1 Å². The lowest BCUT2D eigenvalue weighted by Crippen LogP contribution is -2.08. The average molecular weight is 229 g/mol. The lowest BCUT2D eigenvalue weighted by Gasteiger charge is -2.08. The van der Waals surface area contributed by atoms with Gasteiger partial charge in [-0.25, -0.2) is 0 Å². The molecule has 0 radical (unpaired) electrons. The quantitative estimate of drug-likeness (QED) is 0.670. The van der Waals surface area contributed by atoms with E-state index in [0.717, 1.165) is 12.8 Å². The first-order valence-corrected chi connectivity index (χ1v) is 5.44. The van der Waals surface area contributed by atoms with Gasteiger partial charge in [-0.05, 0) is 6.42 Å². The second-order valence-corrected chi connectivity index (χ2v) is 3.40. The molecule has 1 unspecified atom stereocenters. The van der Waals surface area contributed by atoms with Crippen molar-refractivity contribution < 1.29 is 14.0 Å². The third kappa shape index (κ3) is 3.88. The van der Waals surface area contributed by atoms with Crippen molar-refractivity contribution in [3.8, 4) is 0 Å². The minimum absolute atomic E-state index is 0.1000. The molecule has 0 amide bonds. The van der Waals surface area contributed by atoms with Crippen LogP contribution in [0.4, 0.5) is 0 Å². The Morgan fingerprint density at radius 2 is 2.31 bits per heavy atom. The highest BCUT2D eigenvalue weighted by molar-refractivity contribution is 4.90. The van der Waals surface area contributed by atoms with Crippen molar-refractivity contribution in [2.75, 3.05) is 20.3 Å². The fourth-order valence-corrected chi connectivity index (χ4v) is 1.31. The number of rotatable bonds is 8. The highest BCUT2D eigenvalue weighted by Gasteiger charge is 2.16. The molecule has 1 aromatic rings. The van der Waals surface area contributed by atoms with E-state index in [1.165, 1.54) is 0 Å². The molecule has 0 aliphatic heterocycles. The molecule has 0 aliphatic rings. The maximum absolute atomic E-state index is 5.30. The van der Waals surface area contributed by atoms with E-state index in [0.29, 0.717) is 31.5 Å². The van der Waals surface area contributed by atoms with Crippen molar-refractivity contribution in [2.45, 2.75) is 32.5 Å². The van der Waals surface area contributed by atoms with Crippen LogP contribution in [0.3, 0.4) is 0 Å². The van der Waals surface area contributed by atoms with Crippen molar-refractivity contribution >= 4 is 0 Å². The van der Waals surface area contributed by atoms with E-state index in [4.69, 9.17) is 19.7 Å². The summed E-state index contributed by atoms with van der Waals surface area (Å²) in [4.78, 5) is 4.20. The van der Waals surface area contributed by atoms with Gasteiger partial charge in [0.05, 0.1) is 6.61 Å². The summed E-state index contributed by atoms with van der Waals surface area (Å²) < 4.78 is 15.5. The number of aromatic nitrogens is 2. The Kier molecular flexibility index (Phi) is 5.99. The van der Waals surface area contributed by atoms with Crippen LogP contribution in [0.15, 0.2) is 4.52 Å². The van der Waals surface area contributed by atoms with E-state index in [1.54, 1.807) is 7.11 Å². The second kappa shape index (κ2) is 7.32. The van der Waals surface area contributed by atoms with Gasteiger partial charge in [0.1, 0.15) is 12.7 Å². The summed E-state index contributed by atoms with van der Waals surface area (Å²) in [7, 11) is 1.64. The molecule has 1 aromatic heterocycles. The van der Waals surface area contributed by atoms with Gasteiger partial charge in [-0.15, -0.1) is 0 Å². The van der Waals surface area contributed by atoms with Gasteiger partial charge in [0.2, 0.25) is 5.82 Å². The van der Waals surface area contributed by atoms with Crippen molar-refractivity contribution in [3.05, 3.63) is 11.7 Å². The zero-order valence-electron chi connectivity index (χ0n) is 9.81. The van der Waals surface area contributed by atoms with Crippen LogP contribution in [-0.4, -0.2) is 30.4 Å². The smallest absolute Gasteiger partial charge is 0.252 e. The molecule has 16 heavy (non-hydrogen) atoms. The fourth-order valence-electron chi connectivity index (χ4n) is 1.31. The van der Waals surface area contributed by atoms with Crippen LogP contribution in [0.1, 0.15) is 37.6 Å². The zero-order valence-corrected chi connectivity index (χ0v) is 9.81. The molecule has 0 aliphatic carbocycles. The summed E-state index contributed by atoms with van der Waals surface area (Å²) in [6.45, 7) is 3.35. The third-order valence-corrected chi connectivity index (χ3v) is 2.09. The molecule has 92 valence electrons. The SMILES string of the molecule is CCCC(OC)c1noc(COCCN)n1. The van der Waals surface area contributed by atoms with E-state index < -0.39 is 0 Å². The average Bonchev–Trinajstić information content (AvgIpc) is 2.75. The molecular weight excluding hydrogens is 210 g/mol. The first-order valence-electron chi connectivity index (χ1n) is 5.44. The van der Waals surface area contributed by atoms with Gasteiger partial charge in [0.15, 0.2) is 0 Å². The first kappa shape index (κ1) is 13.1. The summed E-state index contributed by atoms with van der Waals surface area (Å²) >= 11 is 0. The highest BCUT2D eigenvalue weighted by Crippen LogP contribution is 2.18. The van der Waals surface area contributed by atoms with Crippen LogP contribution in [0.5, 0.6) is 0 Å². The topological polar surface area (TPSA) is 83.4 Å². The summed E-state index contributed by atoms with van der Waals surface area (Å²) in [5.74, 6) is 1.04. The third-order valence-electron chi connectivity index (χ3n) is 2.09. The van der Waals surface area contributed by atoms with Crippen LogP contribution < -0.4 is 5.73 Å². The maximum Gasteiger partial charge on any atom is 0.252 e. The number of ether oxygens (including phenoxy) is 2. The van der Waals surface area contributed by atoms with Gasteiger partial charge in [0.25, 0.3) is 5.89 Å². The number of methoxy groups -OCH3 is 1. The van der Waals surface area contributed by atoms with Crippen molar-refractivity contribution in [3.63, 3.8) is 0 Å². The van der Waals surface area contributed by atoms with Crippen LogP contribution in [0, 0.1) is 0 Å². The second-order valence-electron chi connectivity index (χ2n) is 3.40. The molecule has 1 heterocycles. The molecule has 0 bridgehead atoms. The standard InChI is InChI=1S/C10H19N3O3/c1-3-4-8(14-2)10-12-9(16-13-10)7-15-6-5-11/h8H,3-7,11H2,1-2H3. The van der Waals surface area contributed by atoms with Crippen molar-refractivity contribution in [1.29, 1.82) is 0 Å². The van der Waals surface area contributed by atoms with Crippen molar-refractivity contribution in [2.24, 2.45) is 5.73 Å². The van der Waals surface area contributed by atoms with Gasteiger partial charge in [-0.3, -0.25) is 0 Å². The summed E-state index contributed by atoms with van der Waals surface area (Å²) in [6, 6.07) is 0. The lowest BCUT2D eigenvalue weighted by atomic mass is 10.2. The van der Waals surface area contributed by atoms with E-state index in [-0.39, 0.29) is 6.10 Å². The predicted molar refractivity (Wildman–Crippen MR) is 57.7 cm³/mol. The van der Waals surface area contributed by atoms with E-state index >= 15 is 0 Å². The van der Waals surface area contributed by atoms with E-state index in [9.17, 15) is 0 Å². The monoisotopic (exact) mass is 229 g/mol. The molecule has 6 heteroatoms. The molecule has 0 spiro atoms. The Balaban J connectivity index is 2.48. The van der Waals surface area contributed by atoms with E-state index in [1.807, 2.05) is 0 Å². The van der Waals surface area contributed by atoms with Crippen LogP contribution in [0.2, 0.25) is 0 Å². The molecule has 0 saturated heterocycles. The molecule has 6 nitrogen and oxygen atoms in total. The van der Waals surface area contributed by atoms with Gasteiger partial charge in [-0.1, -0.05) is 18.5 Å². The molecular formula is C10H19N3O3. The van der Waals surface area contributed by atoms with Crippen molar-refractivity contribution in [1.82, 2.24) is 10.1 Å². The van der Waals surface area contributed by atoms with E-state index in [2.05, 4.69) is 17.1 Å². The number of nitrogens with two attached hydrogens (primary N) is 1. The number of hydrogen-bond acceptors (Lipinski definition) is 6. The summed E-state index contributed by atoms with van der Waals surface area (Å²) in [5, 5.41) is 3.86. The first-order chi connectivity index (χ1) is 7.81. The molecule has 2 N–H and O–H groups in total. The summed E-state index contributed by atoms with van der Waals surface area (Å²) in [5.41, 5.74) is 5.30. The lowest BCUT2D eigenvalue weighted by molar-refractivity contribution is 0.0852. The highest BCUT2D eigenvalue weighted by atomic mass is 16.5. The molecule has 0 fully saturated rings. The summed E-state index contributed by atoms with van der Waals surface area (Å²) in [6.07, 6.45) is 1.78. The van der Waals surface area contributed by atoms with Gasteiger partial charge >= 0.3 is 0 Å². The normalized spacial score (nSPS) is 12.9. The molecule has 0 aromatic carbocycles. The van der Waals surface area contributed by atoms with Gasteiger partial charge < -0.3 is 19.7 Å². The fraction of sp³-hybridized carbons (Fsp3) is 0.800. The van der Waals surface area contributed by atoms with Crippen LogP contribution >= 0.6 is 0 Å². The van der Waals surface area contributed by atoms with Crippen LogP contribution in [0.25, 0.3) is 0 Å². The molecule has 1 rings (SSSR count). The maximum atomic E-state index is 5.30. The Hall–Kier alpha value is -0.980. The number of nitrogens with zero attached hydrogens (tertiary/aromatic N) is 2. The Morgan fingerprint density at radius 1 is 1.50 bits per heavy atom. The minimum Gasteiger partial charge on any atom is -0.373 e. The Labute approximate surface area is 95.1 Å². The minimum atomic E-state index is -0.1000. The number of hydrogen-bond donors (Lipinski definition) is 1. The zero-order chi connectivity index (χ0) is 11.8. The molecule has 0 saturated carbocycles. The Morgan fingerprint density at radius 3 is 2.94 bits per heavy atom. The largest absolute Gasteiger partial charge is 0.373 e. The van der Waals surface area contributed by atoms with Gasteiger partial charge in [0, 0.05) is 13.7 Å². The van der Waals surface area contributed by atoms with Gasteiger partial charge in [-0.2, -0.15) is 4.98 Å². The molecule has 1 atom stereocenters. The Bertz CT molecular complexity index is 291. The predicted octanol–water partition coefficient (Wildman–Crippen LogP) is 1.03.